The molecule has 4 rings (SSSR count). The summed E-state index contributed by atoms with van der Waals surface area (Å²) in [5, 5.41) is 10.2. The molecule has 0 fully saturated rings. The van der Waals surface area contributed by atoms with Crippen molar-refractivity contribution in [1.82, 2.24) is 10.2 Å². The molecule has 8 heteroatoms. The summed E-state index contributed by atoms with van der Waals surface area (Å²) in [7, 11) is 0. The summed E-state index contributed by atoms with van der Waals surface area (Å²) in [6.07, 6.45) is 0. The van der Waals surface area contributed by atoms with Crippen molar-refractivity contribution in [3.63, 3.8) is 0 Å². The van der Waals surface area contributed by atoms with Gasteiger partial charge in [-0.25, -0.2) is 13.2 Å². The van der Waals surface area contributed by atoms with Crippen LogP contribution in [0, 0.1) is 17.5 Å². The van der Waals surface area contributed by atoms with Crippen LogP contribution in [-0.2, 0) is 0 Å². The van der Waals surface area contributed by atoms with Crippen LogP contribution in [0.4, 0.5) is 18.9 Å². The maximum atomic E-state index is 13.7. The fourth-order valence-electron chi connectivity index (χ4n) is 2.62. The number of hydrogen-bond acceptors (Lipinski definition) is 4. The fraction of sp³-hybridized carbons (Fsp3) is 0. The van der Waals surface area contributed by atoms with E-state index in [0.29, 0.717) is 11.5 Å². The van der Waals surface area contributed by atoms with Crippen LogP contribution >= 0.6 is 0 Å². The van der Waals surface area contributed by atoms with Crippen molar-refractivity contribution in [2.75, 3.05) is 5.32 Å². The normalized spacial score (nSPS) is 10.7. The molecule has 1 amide bonds. The molecule has 3 aromatic carbocycles. The highest BCUT2D eigenvalue weighted by Gasteiger charge is 2.16. The van der Waals surface area contributed by atoms with Crippen LogP contribution in [0.5, 0.6) is 0 Å². The van der Waals surface area contributed by atoms with Crippen LogP contribution < -0.4 is 5.32 Å². The Balaban J connectivity index is 1.52. The number of hydrogen-bond donors (Lipinski definition) is 1. The van der Waals surface area contributed by atoms with Gasteiger partial charge in [0.1, 0.15) is 0 Å². The van der Waals surface area contributed by atoms with Gasteiger partial charge in [-0.2, -0.15) is 0 Å². The minimum atomic E-state index is -1.65. The molecular weight excluding hydrogens is 383 g/mol. The Labute approximate surface area is 162 Å². The summed E-state index contributed by atoms with van der Waals surface area (Å²) in [4.78, 5) is 12.3. The second-order valence-corrected chi connectivity index (χ2v) is 6.03. The molecule has 0 bridgehead atoms. The number of rotatable bonds is 4. The van der Waals surface area contributed by atoms with Crippen LogP contribution in [0.2, 0.25) is 0 Å². The highest BCUT2D eigenvalue weighted by Crippen LogP contribution is 2.25. The number of benzene rings is 3. The van der Waals surface area contributed by atoms with Gasteiger partial charge in [0.15, 0.2) is 17.5 Å². The number of aromatic nitrogens is 2. The van der Waals surface area contributed by atoms with Crippen molar-refractivity contribution in [3.8, 4) is 22.9 Å². The van der Waals surface area contributed by atoms with Gasteiger partial charge in [-0.3, -0.25) is 4.79 Å². The molecule has 4 aromatic rings. The van der Waals surface area contributed by atoms with Crippen LogP contribution in [0.3, 0.4) is 0 Å². The molecule has 144 valence electrons. The number of carbonyl (C=O) groups is 1. The Hall–Kier alpha value is -3.94. The van der Waals surface area contributed by atoms with E-state index in [4.69, 9.17) is 4.42 Å². The van der Waals surface area contributed by atoms with Gasteiger partial charge in [-0.15, -0.1) is 10.2 Å². The van der Waals surface area contributed by atoms with Crippen LogP contribution in [0.15, 0.2) is 71.1 Å². The summed E-state index contributed by atoms with van der Waals surface area (Å²) < 4.78 is 45.6. The van der Waals surface area contributed by atoms with Crippen LogP contribution in [0.1, 0.15) is 10.4 Å². The highest BCUT2D eigenvalue weighted by molar-refractivity contribution is 6.04. The number of nitrogens with one attached hydrogen (secondary N) is 1. The molecule has 0 saturated carbocycles. The van der Waals surface area contributed by atoms with Crippen molar-refractivity contribution in [2.24, 2.45) is 0 Å². The third-order valence-corrected chi connectivity index (χ3v) is 4.12. The molecule has 0 spiro atoms. The first-order chi connectivity index (χ1) is 14.0. The Morgan fingerprint density at radius 1 is 0.759 bits per heavy atom. The first-order valence-electron chi connectivity index (χ1n) is 8.47. The van der Waals surface area contributed by atoms with Gasteiger partial charge in [-0.1, -0.05) is 18.2 Å². The van der Waals surface area contributed by atoms with Crippen LogP contribution in [0.25, 0.3) is 22.9 Å². The Morgan fingerprint density at radius 3 is 2.03 bits per heavy atom. The fourth-order valence-corrected chi connectivity index (χ4v) is 2.62. The zero-order chi connectivity index (χ0) is 20.4. The van der Waals surface area contributed by atoms with Gasteiger partial charge < -0.3 is 9.73 Å². The van der Waals surface area contributed by atoms with E-state index in [-0.39, 0.29) is 11.5 Å². The van der Waals surface area contributed by atoms with E-state index in [1.165, 1.54) is 12.1 Å². The SMILES string of the molecule is O=C(Nc1ccc(F)c(F)c1F)c1ccc(-c2nnc(-c3ccccc3)o2)cc1. The molecule has 0 radical (unpaired) electrons. The number of anilines is 1. The first-order valence-corrected chi connectivity index (χ1v) is 8.47. The molecule has 5 nitrogen and oxygen atoms in total. The smallest absolute Gasteiger partial charge is 0.255 e. The van der Waals surface area contributed by atoms with E-state index in [0.717, 1.165) is 17.7 Å². The van der Waals surface area contributed by atoms with Gasteiger partial charge in [0, 0.05) is 16.7 Å². The Kier molecular flexibility index (Phi) is 4.82. The van der Waals surface area contributed by atoms with Gasteiger partial charge in [0.25, 0.3) is 5.91 Å². The molecule has 0 aliphatic rings. The van der Waals surface area contributed by atoms with E-state index >= 15 is 0 Å². The maximum absolute atomic E-state index is 13.7. The van der Waals surface area contributed by atoms with Crippen molar-refractivity contribution in [3.05, 3.63) is 89.7 Å². The lowest BCUT2D eigenvalue weighted by atomic mass is 10.1. The summed E-state index contributed by atoms with van der Waals surface area (Å²) in [6.45, 7) is 0. The molecular formula is C21H12F3N3O2. The molecule has 0 saturated heterocycles. The highest BCUT2D eigenvalue weighted by atomic mass is 19.2. The predicted molar refractivity (Wildman–Crippen MR) is 99.4 cm³/mol. The largest absolute Gasteiger partial charge is 0.416 e. The van der Waals surface area contributed by atoms with E-state index in [9.17, 15) is 18.0 Å². The molecule has 0 aliphatic carbocycles. The second-order valence-electron chi connectivity index (χ2n) is 6.03. The van der Waals surface area contributed by atoms with Crippen molar-refractivity contribution >= 4 is 11.6 Å². The molecule has 1 heterocycles. The zero-order valence-electron chi connectivity index (χ0n) is 14.7. The lowest BCUT2D eigenvalue weighted by Crippen LogP contribution is -2.13. The summed E-state index contributed by atoms with van der Waals surface area (Å²) in [5.41, 5.74) is 1.08. The summed E-state index contributed by atoms with van der Waals surface area (Å²) in [5.74, 6) is -4.51. The van der Waals surface area contributed by atoms with E-state index in [1.54, 1.807) is 12.1 Å². The lowest BCUT2D eigenvalue weighted by Gasteiger charge is -2.07. The number of carbonyl (C=O) groups excluding carboxylic acids is 1. The molecule has 0 atom stereocenters. The minimum absolute atomic E-state index is 0.181. The van der Waals surface area contributed by atoms with Gasteiger partial charge in [-0.05, 0) is 48.5 Å². The van der Waals surface area contributed by atoms with Gasteiger partial charge in [0.05, 0.1) is 5.69 Å². The van der Waals surface area contributed by atoms with Crippen molar-refractivity contribution < 1.29 is 22.4 Å². The minimum Gasteiger partial charge on any atom is -0.416 e. The molecule has 0 aliphatic heterocycles. The molecule has 1 N–H and O–H groups in total. The van der Waals surface area contributed by atoms with E-state index < -0.39 is 29.0 Å². The third kappa shape index (κ3) is 3.73. The Morgan fingerprint density at radius 2 is 1.38 bits per heavy atom. The van der Waals surface area contributed by atoms with E-state index in [1.807, 2.05) is 30.3 Å². The predicted octanol–water partition coefficient (Wildman–Crippen LogP) is 5.07. The average molecular weight is 395 g/mol. The molecule has 1 aromatic heterocycles. The Bertz CT molecular complexity index is 1180. The number of nitrogens with zero attached hydrogens (tertiary/aromatic N) is 2. The monoisotopic (exact) mass is 395 g/mol. The first kappa shape index (κ1) is 18.4. The van der Waals surface area contributed by atoms with Crippen molar-refractivity contribution in [1.29, 1.82) is 0 Å². The molecule has 29 heavy (non-hydrogen) atoms. The lowest BCUT2D eigenvalue weighted by molar-refractivity contribution is 0.102. The summed E-state index contributed by atoms with van der Waals surface area (Å²) in [6, 6.07) is 17.0. The van der Waals surface area contributed by atoms with Crippen LogP contribution in [-0.4, -0.2) is 16.1 Å². The van der Waals surface area contributed by atoms with E-state index in [2.05, 4.69) is 15.5 Å². The third-order valence-electron chi connectivity index (χ3n) is 4.12. The standard InChI is InChI=1S/C21H12F3N3O2/c22-15-10-11-16(18(24)17(15)23)25-19(28)12-6-8-14(9-7-12)21-27-26-20(29-21)13-4-2-1-3-5-13/h1-11H,(H,25,28). The van der Waals surface area contributed by atoms with Gasteiger partial charge >= 0.3 is 0 Å². The maximum Gasteiger partial charge on any atom is 0.255 e. The van der Waals surface area contributed by atoms with Crippen molar-refractivity contribution in [2.45, 2.75) is 0 Å². The second kappa shape index (κ2) is 7.59. The average Bonchev–Trinajstić information content (AvgIpc) is 3.25. The van der Waals surface area contributed by atoms with Gasteiger partial charge in [0.2, 0.25) is 11.8 Å². The number of amides is 1. The zero-order valence-corrected chi connectivity index (χ0v) is 14.7. The summed E-state index contributed by atoms with van der Waals surface area (Å²) >= 11 is 0. The molecule has 0 unspecified atom stereocenters. The quantitative estimate of drug-likeness (QED) is 0.490. The topological polar surface area (TPSA) is 68.0 Å². The number of halogens is 3.